The number of methoxy groups -OCH3 is 1. The van der Waals surface area contributed by atoms with Crippen molar-refractivity contribution in [3.05, 3.63) is 71.4 Å². The number of aryl methyl sites for hydroxylation is 1. The molecule has 1 heterocycles. The summed E-state index contributed by atoms with van der Waals surface area (Å²) in [5.41, 5.74) is 3.03. The molecule has 3 aromatic rings. The summed E-state index contributed by atoms with van der Waals surface area (Å²) in [6.07, 6.45) is 3.27. The summed E-state index contributed by atoms with van der Waals surface area (Å²) in [6, 6.07) is 16.8. The van der Waals surface area contributed by atoms with E-state index in [0.29, 0.717) is 11.3 Å². The molecule has 0 saturated heterocycles. The largest absolute Gasteiger partial charge is 0.468 e. The fourth-order valence-electron chi connectivity index (χ4n) is 2.93. The van der Waals surface area contributed by atoms with E-state index in [4.69, 9.17) is 4.74 Å². The van der Waals surface area contributed by atoms with E-state index in [2.05, 4.69) is 5.32 Å². The quantitative estimate of drug-likeness (QED) is 0.420. The number of nitrogens with zero attached hydrogens (tertiary/aromatic N) is 2. The third-order valence-corrected chi connectivity index (χ3v) is 4.40. The Morgan fingerprint density at radius 1 is 1.18 bits per heavy atom. The minimum absolute atomic E-state index is 0.0239. The first-order valence-corrected chi connectivity index (χ1v) is 8.67. The molecule has 0 atom stereocenters. The van der Waals surface area contributed by atoms with Crippen molar-refractivity contribution in [1.29, 1.82) is 5.26 Å². The number of benzene rings is 2. The first kappa shape index (κ1) is 18.9. The lowest BCUT2D eigenvalue weighted by atomic mass is 10.1. The predicted molar refractivity (Wildman–Crippen MR) is 107 cm³/mol. The number of amides is 1. The van der Waals surface area contributed by atoms with Crippen LogP contribution in [0.3, 0.4) is 0 Å². The number of nitriles is 1. The number of aromatic nitrogens is 1. The summed E-state index contributed by atoms with van der Waals surface area (Å²) in [4.78, 5) is 24.3. The minimum atomic E-state index is -0.485. The van der Waals surface area contributed by atoms with Crippen molar-refractivity contribution in [1.82, 2.24) is 4.57 Å². The van der Waals surface area contributed by atoms with Gasteiger partial charge < -0.3 is 14.6 Å². The molecule has 0 spiro atoms. The maximum absolute atomic E-state index is 12.6. The van der Waals surface area contributed by atoms with Gasteiger partial charge in [-0.05, 0) is 30.7 Å². The van der Waals surface area contributed by atoms with E-state index >= 15 is 0 Å². The maximum Gasteiger partial charge on any atom is 0.325 e. The summed E-state index contributed by atoms with van der Waals surface area (Å²) in [7, 11) is 1.33. The van der Waals surface area contributed by atoms with E-state index in [-0.39, 0.29) is 18.1 Å². The Morgan fingerprint density at radius 2 is 1.89 bits per heavy atom. The molecule has 0 aliphatic rings. The van der Waals surface area contributed by atoms with E-state index in [1.807, 2.05) is 55.5 Å². The molecular weight excluding hydrogens is 354 g/mol. The Bertz CT molecular complexity index is 1120. The molecule has 0 saturated carbocycles. The number of hydrogen-bond acceptors (Lipinski definition) is 4. The van der Waals surface area contributed by atoms with Gasteiger partial charge in [-0.1, -0.05) is 36.4 Å². The van der Waals surface area contributed by atoms with Gasteiger partial charge in [0.05, 0.1) is 7.11 Å². The molecule has 0 radical (unpaired) electrons. The van der Waals surface area contributed by atoms with Crippen molar-refractivity contribution in [2.75, 3.05) is 12.4 Å². The third-order valence-electron chi connectivity index (χ3n) is 4.40. The van der Waals surface area contributed by atoms with Crippen LogP contribution in [0, 0.1) is 18.3 Å². The van der Waals surface area contributed by atoms with Gasteiger partial charge in [0.25, 0.3) is 5.91 Å². The fraction of sp³-hybridized carbons (Fsp3) is 0.136. The summed E-state index contributed by atoms with van der Waals surface area (Å²) in [5, 5.41) is 13.1. The average molecular weight is 373 g/mol. The normalized spacial score (nSPS) is 11.1. The molecule has 0 unspecified atom stereocenters. The number of carbonyl (C=O) groups excluding carboxylic acids is 2. The van der Waals surface area contributed by atoms with Gasteiger partial charge in [-0.25, -0.2) is 0 Å². The van der Waals surface area contributed by atoms with Crippen LogP contribution in [0.1, 0.15) is 11.1 Å². The summed E-state index contributed by atoms with van der Waals surface area (Å²) >= 11 is 0. The molecule has 0 aliphatic heterocycles. The number of nitrogens with one attached hydrogen (secondary N) is 1. The number of para-hydroxylation sites is 2. The van der Waals surface area contributed by atoms with Crippen LogP contribution in [-0.2, 0) is 20.9 Å². The Hall–Kier alpha value is -3.85. The van der Waals surface area contributed by atoms with Crippen molar-refractivity contribution in [2.24, 2.45) is 0 Å². The zero-order chi connectivity index (χ0) is 20.1. The zero-order valence-electron chi connectivity index (χ0n) is 15.6. The van der Waals surface area contributed by atoms with Gasteiger partial charge in [0, 0.05) is 28.4 Å². The van der Waals surface area contributed by atoms with Crippen molar-refractivity contribution in [2.45, 2.75) is 13.5 Å². The zero-order valence-corrected chi connectivity index (χ0v) is 15.6. The van der Waals surface area contributed by atoms with Gasteiger partial charge in [-0.3, -0.25) is 9.59 Å². The Morgan fingerprint density at radius 3 is 2.61 bits per heavy atom. The molecule has 0 fully saturated rings. The van der Waals surface area contributed by atoms with Crippen molar-refractivity contribution >= 4 is 34.5 Å². The fourth-order valence-corrected chi connectivity index (χ4v) is 2.93. The Balaban J connectivity index is 1.97. The maximum atomic E-state index is 12.6. The molecule has 28 heavy (non-hydrogen) atoms. The number of ether oxygens (including phenoxy) is 1. The van der Waals surface area contributed by atoms with Gasteiger partial charge in [0.15, 0.2) is 0 Å². The van der Waals surface area contributed by atoms with Gasteiger partial charge in [-0.2, -0.15) is 5.26 Å². The van der Waals surface area contributed by atoms with E-state index in [1.54, 1.807) is 16.8 Å². The SMILES string of the molecule is COC(=O)Cn1cc(/C=C(/C#N)C(=O)Nc2ccccc2C)c2ccccc21. The van der Waals surface area contributed by atoms with E-state index in [1.165, 1.54) is 13.2 Å². The van der Waals surface area contributed by atoms with Crippen LogP contribution in [0.15, 0.2) is 60.3 Å². The third kappa shape index (κ3) is 3.94. The van der Waals surface area contributed by atoms with E-state index < -0.39 is 5.91 Å². The Labute approximate surface area is 162 Å². The Kier molecular flexibility index (Phi) is 5.56. The lowest BCUT2D eigenvalue weighted by Crippen LogP contribution is -2.14. The predicted octanol–water partition coefficient (Wildman–Crippen LogP) is 3.67. The smallest absolute Gasteiger partial charge is 0.325 e. The van der Waals surface area contributed by atoms with Crippen LogP contribution in [0.25, 0.3) is 17.0 Å². The molecule has 1 N–H and O–H groups in total. The molecule has 1 aromatic heterocycles. The molecule has 0 aliphatic carbocycles. The van der Waals surface area contributed by atoms with Crippen LogP contribution in [0.4, 0.5) is 5.69 Å². The van der Waals surface area contributed by atoms with Crippen molar-refractivity contribution < 1.29 is 14.3 Å². The molecule has 6 nitrogen and oxygen atoms in total. The highest BCUT2D eigenvalue weighted by Gasteiger charge is 2.14. The van der Waals surface area contributed by atoms with E-state index in [9.17, 15) is 14.9 Å². The van der Waals surface area contributed by atoms with E-state index in [0.717, 1.165) is 16.5 Å². The highest BCUT2D eigenvalue weighted by Crippen LogP contribution is 2.24. The number of carbonyl (C=O) groups is 2. The number of esters is 1. The van der Waals surface area contributed by atoms with Crippen molar-refractivity contribution in [3.8, 4) is 6.07 Å². The molecular formula is C22H19N3O3. The second-order valence-corrected chi connectivity index (χ2v) is 6.24. The van der Waals surface area contributed by atoms with Crippen LogP contribution in [0.2, 0.25) is 0 Å². The monoisotopic (exact) mass is 373 g/mol. The first-order chi connectivity index (χ1) is 13.5. The molecule has 0 bridgehead atoms. The lowest BCUT2D eigenvalue weighted by Gasteiger charge is -2.07. The molecule has 1 amide bonds. The van der Waals surface area contributed by atoms with Crippen LogP contribution in [0.5, 0.6) is 0 Å². The van der Waals surface area contributed by atoms with Crippen LogP contribution >= 0.6 is 0 Å². The summed E-state index contributed by atoms with van der Waals surface area (Å²) < 4.78 is 6.48. The minimum Gasteiger partial charge on any atom is -0.468 e. The van der Waals surface area contributed by atoms with Gasteiger partial charge in [0.2, 0.25) is 0 Å². The molecule has 6 heteroatoms. The first-order valence-electron chi connectivity index (χ1n) is 8.67. The number of fused-ring (bicyclic) bond motifs is 1. The topological polar surface area (TPSA) is 84.1 Å². The summed E-state index contributed by atoms with van der Waals surface area (Å²) in [5.74, 6) is -0.865. The van der Waals surface area contributed by atoms with Gasteiger partial charge in [-0.15, -0.1) is 0 Å². The second kappa shape index (κ2) is 8.23. The number of anilines is 1. The van der Waals surface area contributed by atoms with Crippen molar-refractivity contribution in [3.63, 3.8) is 0 Å². The highest BCUT2D eigenvalue weighted by atomic mass is 16.5. The van der Waals surface area contributed by atoms with Crippen LogP contribution in [-0.4, -0.2) is 23.6 Å². The highest BCUT2D eigenvalue weighted by molar-refractivity contribution is 6.11. The van der Waals surface area contributed by atoms with Crippen LogP contribution < -0.4 is 5.32 Å². The van der Waals surface area contributed by atoms with Gasteiger partial charge >= 0.3 is 5.97 Å². The number of rotatable bonds is 5. The summed E-state index contributed by atoms with van der Waals surface area (Å²) in [6.45, 7) is 1.92. The number of hydrogen-bond donors (Lipinski definition) is 1. The molecule has 2 aromatic carbocycles. The lowest BCUT2D eigenvalue weighted by molar-refractivity contribution is -0.141. The van der Waals surface area contributed by atoms with Gasteiger partial charge in [0.1, 0.15) is 18.2 Å². The molecule has 140 valence electrons. The molecule has 3 rings (SSSR count). The second-order valence-electron chi connectivity index (χ2n) is 6.24. The average Bonchev–Trinajstić information content (AvgIpc) is 3.05. The standard InChI is InChI=1S/C22H19N3O3/c1-15-7-3-5-9-19(15)24-22(27)16(12-23)11-17-13-25(14-21(26)28-2)20-10-6-4-8-18(17)20/h3-11,13H,14H2,1-2H3,(H,24,27)/b16-11-.